The molecule has 0 radical (unpaired) electrons. The van der Waals surface area contributed by atoms with Crippen LogP contribution < -0.4 is 21.3 Å². The Morgan fingerprint density at radius 3 is 2.56 bits per heavy atom. The zero-order chi connectivity index (χ0) is 18.3. The Morgan fingerprint density at radius 1 is 1.16 bits per heavy atom. The summed E-state index contributed by atoms with van der Waals surface area (Å²) < 4.78 is 44.0. The van der Waals surface area contributed by atoms with E-state index in [4.69, 9.17) is 10.5 Å². The third kappa shape index (κ3) is 2.82. The second-order valence-corrected chi connectivity index (χ2v) is 5.09. The molecule has 1 aromatic heterocycles. The molecule has 1 aliphatic heterocycles. The zero-order valence-corrected chi connectivity index (χ0v) is 12.4. The Hall–Kier alpha value is -3.30. The normalized spacial score (nSPS) is 13.1. The van der Waals surface area contributed by atoms with E-state index in [1.807, 2.05) is 5.32 Å². The van der Waals surface area contributed by atoms with E-state index in [1.165, 1.54) is 0 Å². The molecule has 0 aliphatic carbocycles. The van der Waals surface area contributed by atoms with E-state index in [0.29, 0.717) is 0 Å². The van der Waals surface area contributed by atoms with Crippen molar-refractivity contribution in [1.82, 2.24) is 9.88 Å². The van der Waals surface area contributed by atoms with E-state index < -0.39 is 42.0 Å². The summed E-state index contributed by atoms with van der Waals surface area (Å²) in [7, 11) is 0. The van der Waals surface area contributed by atoms with Gasteiger partial charge in [0.1, 0.15) is 24.0 Å². The van der Waals surface area contributed by atoms with Crippen LogP contribution in [0, 0.1) is 5.82 Å². The Kier molecular flexibility index (Phi) is 3.95. The van der Waals surface area contributed by atoms with Crippen LogP contribution in [0.1, 0.15) is 20.7 Å². The van der Waals surface area contributed by atoms with E-state index in [2.05, 4.69) is 0 Å². The number of nitrogen functional groups attached to an aromatic ring is 1. The van der Waals surface area contributed by atoms with Crippen molar-refractivity contribution in [2.45, 2.75) is 6.43 Å². The van der Waals surface area contributed by atoms with E-state index in [0.717, 1.165) is 28.8 Å². The fraction of sp³-hybridized carbons (Fsp3) is 0.133. The van der Waals surface area contributed by atoms with Crippen molar-refractivity contribution in [2.75, 3.05) is 12.3 Å². The lowest BCUT2D eigenvalue weighted by atomic mass is 10.1. The Balaban J connectivity index is 2.23. The Morgan fingerprint density at radius 2 is 1.88 bits per heavy atom. The number of nitrogens with zero attached hydrogens (tertiary/aromatic N) is 1. The maximum atomic E-state index is 13.6. The molecule has 2 amide bonds. The standard InChI is InChI=1S/C15H10F3N3O4/c16-6-1-2-9(25-5-10(17)18)8(3-6)21-11(22)4-7-12(13(21)19)15(24)20-14(7)23/h1-4,10H,5,19H2,(H,20,23,24). The number of pyridine rings is 1. The fourth-order valence-corrected chi connectivity index (χ4v) is 2.47. The lowest BCUT2D eigenvalue weighted by Crippen LogP contribution is -2.25. The van der Waals surface area contributed by atoms with Crippen LogP contribution in [0.25, 0.3) is 5.69 Å². The molecule has 7 nitrogen and oxygen atoms in total. The number of fused-ring (bicyclic) bond motifs is 1. The second-order valence-electron chi connectivity index (χ2n) is 5.09. The highest BCUT2D eigenvalue weighted by Crippen LogP contribution is 2.28. The van der Waals surface area contributed by atoms with Gasteiger partial charge in [-0.2, -0.15) is 0 Å². The molecule has 0 fully saturated rings. The highest BCUT2D eigenvalue weighted by atomic mass is 19.3. The number of hydrogen-bond acceptors (Lipinski definition) is 5. The number of amides is 2. The van der Waals surface area contributed by atoms with Crippen molar-refractivity contribution in [3.8, 4) is 11.4 Å². The second kappa shape index (κ2) is 5.96. The van der Waals surface area contributed by atoms with Crippen LogP contribution in [-0.4, -0.2) is 29.4 Å². The monoisotopic (exact) mass is 353 g/mol. The summed E-state index contributed by atoms with van der Waals surface area (Å²) in [6.45, 7) is -0.989. The van der Waals surface area contributed by atoms with Crippen molar-refractivity contribution >= 4 is 17.6 Å². The predicted octanol–water partition coefficient (Wildman–Crippen LogP) is 1.09. The molecular formula is C15H10F3N3O4. The largest absolute Gasteiger partial charge is 0.485 e. The number of imide groups is 1. The topological polar surface area (TPSA) is 103 Å². The molecule has 2 aromatic rings. The van der Waals surface area contributed by atoms with E-state index in [1.54, 1.807) is 0 Å². The summed E-state index contributed by atoms with van der Waals surface area (Å²) in [5.74, 6) is -3.06. The number of nitrogens with two attached hydrogens (primary N) is 1. The number of halogens is 3. The average molecular weight is 353 g/mol. The minimum Gasteiger partial charge on any atom is -0.485 e. The van der Waals surface area contributed by atoms with Crippen LogP contribution in [0.3, 0.4) is 0 Å². The van der Waals surface area contributed by atoms with Crippen LogP contribution >= 0.6 is 0 Å². The molecular weight excluding hydrogens is 343 g/mol. The van der Waals surface area contributed by atoms with Crippen molar-refractivity contribution in [3.05, 3.63) is 51.6 Å². The highest BCUT2D eigenvalue weighted by Gasteiger charge is 2.32. The van der Waals surface area contributed by atoms with Gasteiger partial charge in [-0.15, -0.1) is 0 Å². The molecule has 0 spiro atoms. The summed E-state index contributed by atoms with van der Waals surface area (Å²) in [5.41, 5.74) is 4.23. The highest BCUT2D eigenvalue weighted by molar-refractivity contribution is 6.23. The first-order valence-corrected chi connectivity index (χ1v) is 6.91. The number of carbonyl (C=O) groups is 2. The third-order valence-electron chi connectivity index (χ3n) is 3.48. The molecule has 0 bridgehead atoms. The lowest BCUT2D eigenvalue weighted by Gasteiger charge is -2.16. The summed E-state index contributed by atoms with van der Waals surface area (Å²) in [6, 6.07) is 3.71. The number of ether oxygens (including phenoxy) is 1. The Labute approximate surface area is 137 Å². The van der Waals surface area contributed by atoms with Crippen molar-refractivity contribution in [1.29, 1.82) is 0 Å². The van der Waals surface area contributed by atoms with Crippen LogP contribution in [0.2, 0.25) is 0 Å². The molecule has 2 heterocycles. The van der Waals surface area contributed by atoms with Crippen molar-refractivity contribution in [3.63, 3.8) is 0 Å². The smallest absolute Gasteiger partial charge is 0.272 e. The van der Waals surface area contributed by atoms with Crippen molar-refractivity contribution < 1.29 is 27.5 Å². The molecule has 0 unspecified atom stereocenters. The van der Waals surface area contributed by atoms with Gasteiger partial charge in [0.2, 0.25) is 0 Å². The first-order chi connectivity index (χ1) is 11.8. The van der Waals surface area contributed by atoms with Crippen molar-refractivity contribution in [2.24, 2.45) is 0 Å². The molecule has 3 N–H and O–H groups in total. The number of alkyl halides is 2. The van der Waals surface area contributed by atoms with Gasteiger partial charge in [-0.25, -0.2) is 13.2 Å². The maximum Gasteiger partial charge on any atom is 0.272 e. The average Bonchev–Trinajstić information content (AvgIpc) is 2.80. The molecule has 0 atom stereocenters. The van der Waals surface area contributed by atoms with Gasteiger partial charge in [-0.05, 0) is 12.1 Å². The number of aromatic nitrogens is 1. The van der Waals surface area contributed by atoms with E-state index in [-0.39, 0.29) is 22.6 Å². The van der Waals surface area contributed by atoms with Gasteiger partial charge in [0.05, 0.1) is 16.8 Å². The van der Waals surface area contributed by atoms with Crippen LogP contribution in [0.15, 0.2) is 29.1 Å². The zero-order valence-electron chi connectivity index (χ0n) is 12.4. The number of carbonyl (C=O) groups excluding carboxylic acids is 2. The summed E-state index contributed by atoms with van der Waals surface area (Å²) >= 11 is 0. The van der Waals surface area contributed by atoms with Gasteiger partial charge in [0.15, 0.2) is 0 Å². The number of rotatable bonds is 4. The minimum absolute atomic E-state index is 0.213. The van der Waals surface area contributed by atoms with E-state index >= 15 is 0 Å². The minimum atomic E-state index is -2.80. The quantitative estimate of drug-likeness (QED) is 0.801. The lowest BCUT2D eigenvalue weighted by molar-refractivity contribution is 0.0818. The van der Waals surface area contributed by atoms with Gasteiger partial charge in [0, 0.05) is 12.1 Å². The van der Waals surface area contributed by atoms with Crippen LogP contribution in [0.5, 0.6) is 5.75 Å². The number of anilines is 1. The molecule has 0 saturated heterocycles. The number of nitrogens with one attached hydrogen (secondary N) is 1. The SMILES string of the molecule is Nc1c2c(cc(=O)n1-c1cc(F)ccc1OCC(F)F)C(=O)NC2=O. The van der Waals surface area contributed by atoms with E-state index in [9.17, 15) is 27.6 Å². The summed E-state index contributed by atoms with van der Waals surface area (Å²) in [4.78, 5) is 35.8. The third-order valence-corrected chi connectivity index (χ3v) is 3.48. The Bertz CT molecular complexity index is 956. The molecule has 10 heteroatoms. The fourth-order valence-electron chi connectivity index (χ4n) is 2.47. The molecule has 1 aromatic carbocycles. The molecule has 3 rings (SSSR count). The van der Waals surface area contributed by atoms with Crippen LogP contribution in [0.4, 0.5) is 19.0 Å². The van der Waals surface area contributed by atoms with Gasteiger partial charge in [-0.1, -0.05) is 0 Å². The predicted molar refractivity (Wildman–Crippen MR) is 79.7 cm³/mol. The molecule has 130 valence electrons. The van der Waals surface area contributed by atoms with Gasteiger partial charge >= 0.3 is 0 Å². The molecule has 25 heavy (non-hydrogen) atoms. The molecule has 1 aliphatic rings. The first-order valence-electron chi connectivity index (χ1n) is 6.91. The molecule has 0 saturated carbocycles. The summed E-state index contributed by atoms with van der Waals surface area (Å²) in [6.07, 6.45) is -2.80. The number of hydrogen-bond donors (Lipinski definition) is 2. The first kappa shape index (κ1) is 16.6. The number of benzene rings is 1. The maximum absolute atomic E-state index is 13.6. The van der Waals surface area contributed by atoms with Gasteiger partial charge in [0.25, 0.3) is 23.8 Å². The van der Waals surface area contributed by atoms with Gasteiger partial charge in [-0.3, -0.25) is 24.3 Å². The van der Waals surface area contributed by atoms with Gasteiger partial charge < -0.3 is 10.5 Å². The van der Waals surface area contributed by atoms with Crippen LogP contribution in [-0.2, 0) is 0 Å². The summed E-state index contributed by atoms with van der Waals surface area (Å²) in [5, 5.41) is 1.98.